The smallest absolute Gasteiger partial charge is 0.274 e. The van der Waals surface area contributed by atoms with Crippen molar-refractivity contribution in [2.45, 2.75) is 13.5 Å². The molecule has 1 N–H and O–H groups in total. The highest BCUT2D eigenvalue weighted by atomic mass is 16.6. The van der Waals surface area contributed by atoms with Crippen LogP contribution in [0.5, 0.6) is 0 Å². The molecule has 0 aliphatic heterocycles. The molecule has 11 nitrogen and oxygen atoms in total. The summed E-state index contributed by atoms with van der Waals surface area (Å²) < 4.78 is 1.51. The maximum absolute atomic E-state index is 12.0. The summed E-state index contributed by atoms with van der Waals surface area (Å²) in [4.78, 5) is 26.5. The van der Waals surface area contributed by atoms with Crippen LogP contribution in [-0.4, -0.2) is 49.6 Å². The number of oxime groups is 2. The first-order valence-electron chi connectivity index (χ1n) is 8.91. The number of carbonyl (C=O) groups excluding carboxylic acids is 1. The molecule has 0 atom stereocenters. The number of anilines is 1. The molecule has 0 bridgehead atoms. The molecule has 0 unspecified atom stereocenters. The normalized spacial score (nSPS) is 11.8. The van der Waals surface area contributed by atoms with E-state index in [1.54, 1.807) is 25.2 Å². The van der Waals surface area contributed by atoms with Gasteiger partial charge in [0.05, 0.1) is 5.69 Å². The summed E-state index contributed by atoms with van der Waals surface area (Å²) in [5.41, 5.74) is 2.04. The van der Waals surface area contributed by atoms with Crippen molar-refractivity contribution in [2.24, 2.45) is 17.4 Å². The van der Waals surface area contributed by atoms with Gasteiger partial charge in [0.1, 0.15) is 18.6 Å². The molecule has 30 heavy (non-hydrogen) atoms. The van der Waals surface area contributed by atoms with Gasteiger partial charge in [-0.2, -0.15) is 0 Å². The van der Waals surface area contributed by atoms with Crippen LogP contribution in [0.4, 0.5) is 5.82 Å². The van der Waals surface area contributed by atoms with Crippen LogP contribution < -0.4 is 5.32 Å². The molecule has 2 aromatic heterocycles. The second kappa shape index (κ2) is 9.87. The monoisotopic (exact) mass is 408 g/mol. The van der Waals surface area contributed by atoms with E-state index in [2.05, 4.69) is 41.0 Å². The van der Waals surface area contributed by atoms with E-state index in [0.717, 1.165) is 5.56 Å². The maximum atomic E-state index is 12.0. The Labute approximate surface area is 172 Å². The number of tetrazole rings is 1. The molecule has 3 aromatic rings. The van der Waals surface area contributed by atoms with Crippen LogP contribution in [-0.2, 0) is 28.1 Å². The average molecular weight is 408 g/mol. The summed E-state index contributed by atoms with van der Waals surface area (Å²) in [5.74, 6) is 0.404. The Morgan fingerprint density at radius 3 is 2.63 bits per heavy atom. The standard InChI is InChI=1S/C19H20N8O3/c1-13(23-29-3)19(28)21-16-11-7-10-15(20-16)12-30-24-17(14-8-5-4-6-9-14)18-22-25-26-27(18)2/h4-11H,12H2,1-3H3,(H,20,21,28). The van der Waals surface area contributed by atoms with E-state index in [1.807, 2.05) is 30.3 Å². The fraction of sp³-hybridized carbons (Fsp3) is 0.211. The fourth-order valence-corrected chi connectivity index (χ4v) is 2.43. The molecule has 0 saturated carbocycles. The van der Waals surface area contributed by atoms with Crippen LogP contribution in [0.2, 0.25) is 0 Å². The Balaban J connectivity index is 1.74. The SMILES string of the molecule is CON=C(C)C(=O)Nc1cccc(CON=C(c2ccccc2)c2nnnn2C)n1. The lowest BCUT2D eigenvalue weighted by molar-refractivity contribution is -0.110. The third-order valence-electron chi connectivity index (χ3n) is 3.85. The first kappa shape index (κ1) is 20.6. The van der Waals surface area contributed by atoms with Gasteiger partial charge in [-0.15, -0.1) is 5.10 Å². The quantitative estimate of drug-likeness (QED) is 0.442. The Hall–Kier alpha value is -4.15. The van der Waals surface area contributed by atoms with Crippen LogP contribution in [0.25, 0.3) is 0 Å². The van der Waals surface area contributed by atoms with Gasteiger partial charge in [-0.3, -0.25) is 4.79 Å². The molecule has 0 saturated heterocycles. The van der Waals surface area contributed by atoms with Crippen molar-refractivity contribution < 1.29 is 14.5 Å². The fourth-order valence-electron chi connectivity index (χ4n) is 2.43. The van der Waals surface area contributed by atoms with Gasteiger partial charge in [0.2, 0.25) is 5.82 Å². The second-order valence-electron chi connectivity index (χ2n) is 6.03. The van der Waals surface area contributed by atoms with Crippen molar-refractivity contribution in [3.05, 3.63) is 65.6 Å². The molecule has 0 aliphatic rings. The molecule has 154 valence electrons. The van der Waals surface area contributed by atoms with E-state index in [9.17, 15) is 4.79 Å². The minimum absolute atomic E-state index is 0.0798. The summed E-state index contributed by atoms with van der Waals surface area (Å²) in [6.07, 6.45) is 0. The number of aryl methyl sites for hydroxylation is 1. The Morgan fingerprint density at radius 2 is 1.93 bits per heavy atom. The van der Waals surface area contributed by atoms with E-state index in [-0.39, 0.29) is 12.3 Å². The summed E-state index contributed by atoms with van der Waals surface area (Å²) in [6, 6.07) is 14.6. The average Bonchev–Trinajstić information content (AvgIpc) is 3.18. The van der Waals surface area contributed by atoms with Crippen molar-refractivity contribution in [1.29, 1.82) is 0 Å². The summed E-state index contributed by atoms with van der Waals surface area (Å²) in [7, 11) is 3.09. The molecule has 0 fully saturated rings. The molecule has 1 aromatic carbocycles. The molecule has 11 heteroatoms. The van der Waals surface area contributed by atoms with Crippen LogP contribution >= 0.6 is 0 Å². The Bertz CT molecular complexity index is 1060. The maximum Gasteiger partial charge on any atom is 0.274 e. The number of benzene rings is 1. The number of nitrogens with one attached hydrogen (secondary N) is 1. The van der Waals surface area contributed by atoms with Gasteiger partial charge in [0, 0.05) is 12.6 Å². The van der Waals surface area contributed by atoms with Crippen LogP contribution in [0.1, 0.15) is 24.0 Å². The van der Waals surface area contributed by atoms with Gasteiger partial charge in [-0.05, 0) is 29.5 Å². The molecule has 2 heterocycles. The lowest BCUT2D eigenvalue weighted by Gasteiger charge is -2.07. The molecule has 0 spiro atoms. The largest absolute Gasteiger partial charge is 0.399 e. The minimum atomic E-state index is -0.415. The highest BCUT2D eigenvalue weighted by Gasteiger charge is 2.15. The second-order valence-corrected chi connectivity index (χ2v) is 6.03. The predicted molar refractivity (Wildman–Crippen MR) is 109 cm³/mol. The summed E-state index contributed by atoms with van der Waals surface area (Å²) in [6.45, 7) is 1.61. The molecular weight excluding hydrogens is 388 g/mol. The number of hydrogen-bond acceptors (Lipinski definition) is 9. The molecule has 3 rings (SSSR count). The van der Waals surface area contributed by atoms with E-state index in [1.165, 1.54) is 18.7 Å². The highest BCUT2D eigenvalue weighted by molar-refractivity contribution is 6.41. The van der Waals surface area contributed by atoms with Crippen LogP contribution in [0.3, 0.4) is 0 Å². The first-order chi connectivity index (χ1) is 14.6. The number of rotatable bonds is 8. The molecule has 1 amide bonds. The van der Waals surface area contributed by atoms with E-state index >= 15 is 0 Å². The topological polar surface area (TPSA) is 129 Å². The minimum Gasteiger partial charge on any atom is -0.399 e. The van der Waals surface area contributed by atoms with Crippen molar-refractivity contribution >= 4 is 23.1 Å². The van der Waals surface area contributed by atoms with Gasteiger partial charge < -0.3 is 15.0 Å². The Kier molecular flexibility index (Phi) is 6.77. The van der Waals surface area contributed by atoms with E-state index in [0.29, 0.717) is 23.0 Å². The lowest BCUT2D eigenvalue weighted by atomic mass is 10.1. The van der Waals surface area contributed by atoms with Crippen LogP contribution in [0.15, 0.2) is 58.8 Å². The van der Waals surface area contributed by atoms with Gasteiger partial charge in [-0.1, -0.05) is 46.7 Å². The van der Waals surface area contributed by atoms with Crippen molar-refractivity contribution in [3.8, 4) is 0 Å². The highest BCUT2D eigenvalue weighted by Crippen LogP contribution is 2.10. The predicted octanol–water partition coefficient (Wildman–Crippen LogP) is 1.54. The van der Waals surface area contributed by atoms with E-state index in [4.69, 9.17) is 4.84 Å². The first-order valence-corrected chi connectivity index (χ1v) is 8.91. The zero-order valence-electron chi connectivity index (χ0n) is 16.7. The third-order valence-corrected chi connectivity index (χ3v) is 3.85. The zero-order chi connectivity index (χ0) is 21.3. The van der Waals surface area contributed by atoms with Gasteiger partial charge in [0.25, 0.3) is 5.91 Å². The molecular formula is C19H20N8O3. The number of pyridine rings is 1. The number of carbonyl (C=O) groups is 1. The van der Waals surface area contributed by atoms with E-state index < -0.39 is 5.91 Å². The molecule has 0 radical (unpaired) electrons. The lowest BCUT2D eigenvalue weighted by Crippen LogP contribution is -2.21. The third kappa shape index (κ3) is 5.22. The Morgan fingerprint density at radius 1 is 1.13 bits per heavy atom. The van der Waals surface area contributed by atoms with Gasteiger partial charge in [-0.25, -0.2) is 9.67 Å². The molecule has 0 aliphatic carbocycles. The van der Waals surface area contributed by atoms with Gasteiger partial charge in [0.15, 0.2) is 12.3 Å². The summed E-state index contributed by atoms with van der Waals surface area (Å²) >= 11 is 0. The van der Waals surface area contributed by atoms with Crippen molar-refractivity contribution in [2.75, 3.05) is 12.4 Å². The van der Waals surface area contributed by atoms with Crippen LogP contribution in [0, 0.1) is 0 Å². The number of hydrogen-bond donors (Lipinski definition) is 1. The number of aromatic nitrogens is 5. The number of amides is 1. The number of nitrogens with zero attached hydrogens (tertiary/aromatic N) is 7. The van der Waals surface area contributed by atoms with Crippen molar-refractivity contribution in [3.63, 3.8) is 0 Å². The zero-order valence-corrected chi connectivity index (χ0v) is 16.7. The van der Waals surface area contributed by atoms with Crippen molar-refractivity contribution in [1.82, 2.24) is 25.2 Å². The summed E-state index contributed by atoms with van der Waals surface area (Å²) in [5, 5.41) is 22.0. The van der Waals surface area contributed by atoms with Gasteiger partial charge >= 0.3 is 0 Å².